The lowest BCUT2D eigenvalue weighted by Crippen LogP contribution is -2.52. The van der Waals surface area contributed by atoms with Gasteiger partial charge >= 0.3 is 5.97 Å². The van der Waals surface area contributed by atoms with Crippen molar-refractivity contribution in [3.63, 3.8) is 0 Å². The number of aliphatic carboxylic acids is 1. The van der Waals surface area contributed by atoms with Crippen LogP contribution in [-0.4, -0.2) is 46.7 Å². The first-order valence-corrected chi connectivity index (χ1v) is 8.21. The predicted octanol–water partition coefficient (Wildman–Crippen LogP) is 2.87. The Morgan fingerprint density at radius 3 is 2.35 bits per heavy atom. The van der Waals surface area contributed by atoms with E-state index >= 15 is 0 Å². The molecule has 1 saturated heterocycles. The molecule has 3 atom stereocenters. The molecule has 2 N–H and O–H groups in total. The standard InChI is InChI=1S/C16H32N2O2/c1-5-16(15(19)20,17-6-2)11-8-12-18-13(3)9-7-10-14(18)4/h13-14,17H,5-12H2,1-4H3,(H,19,20)/t13-,14+,16?. The van der Waals surface area contributed by atoms with Crippen LogP contribution < -0.4 is 5.32 Å². The Balaban J connectivity index is 2.53. The molecule has 0 aliphatic carbocycles. The quantitative estimate of drug-likeness (QED) is 0.719. The van der Waals surface area contributed by atoms with E-state index in [1.165, 1.54) is 19.3 Å². The van der Waals surface area contributed by atoms with E-state index in [2.05, 4.69) is 24.1 Å². The molecule has 1 heterocycles. The lowest BCUT2D eigenvalue weighted by atomic mass is 9.89. The summed E-state index contributed by atoms with van der Waals surface area (Å²) in [5, 5.41) is 12.7. The van der Waals surface area contributed by atoms with Gasteiger partial charge in [-0.1, -0.05) is 20.3 Å². The maximum absolute atomic E-state index is 11.6. The van der Waals surface area contributed by atoms with Crippen molar-refractivity contribution >= 4 is 5.97 Å². The Morgan fingerprint density at radius 2 is 1.90 bits per heavy atom. The summed E-state index contributed by atoms with van der Waals surface area (Å²) in [4.78, 5) is 14.1. The van der Waals surface area contributed by atoms with Gasteiger partial charge < -0.3 is 10.4 Å². The van der Waals surface area contributed by atoms with Crippen LogP contribution in [0.4, 0.5) is 0 Å². The van der Waals surface area contributed by atoms with Crippen LogP contribution in [0.25, 0.3) is 0 Å². The minimum Gasteiger partial charge on any atom is -0.480 e. The number of carboxylic acid groups (broad SMARTS) is 1. The van der Waals surface area contributed by atoms with E-state index in [4.69, 9.17) is 0 Å². The van der Waals surface area contributed by atoms with Gasteiger partial charge in [-0.25, -0.2) is 0 Å². The Hall–Kier alpha value is -0.610. The highest BCUT2D eigenvalue weighted by atomic mass is 16.4. The Labute approximate surface area is 123 Å². The second-order valence-corrected chi connectivity index (χ2v) is 6.24. The van der Waals surface area contributed by atoms with Gasteiger partial charge in [-0.2, -0.15) is 0 Å². The highest BCUT2D eigenvalue weighted by molar-refractivity contribution is 5.78. The fraction of sp³-hybridized carbons (Fsp3) is 0.938. The number of carboxylic acids is 1. The maximum atomic E-state index is 11.6. The number of nitrogens with zero attached hydrogens (tertiary/aromatic N) is 1. The fourth-order valence-corrected chi connectivity index (χ4v) is 3.54. The van der Waals surface area contributed by atoms with E-state index in [0.717, 1.165) is 13.0 Å². The molecule has 1 fully saturated rings. The number of likely N-dealkylation sites (tertiary alicyclic amines) is 1. The van der Waals surface area contributed by atoms with Crippen LogP contribution in [0.5, 0.6) is 0 Å². The summed E-state index contributed by atoms with van der Waals surface area (Å²) < 4.78 is 0. The molecule has 0 saturated carbocycles. The normalized spacial score (nSPS) is 27.2. The molecule has 118 valence electrons. The average Bonchev–Trinajstić information content (AvgIpc) is 2.40. The lowest BCUT2D eigenvalue weighted by Gasteiger charge is -2.39. The summed E-state index contributed by atoms with van der Waals surface area (Å²) in [6, 6.07) is 1.28. The lowest BCUT2D eigenvalue weighted by molar-refractivity contribution is -0.145. The molecular formula is C16H32N2O2. The number of carbonyl (C=O) groups is 1. The molecular weight excluding hydrogens is 252 g/mol. The van der Waals surface area contributed by atoms with Crippen LogP contribution in [0.3, 0.4) is 0 Å². The molecule has 0 radical (unpaired) electrons. The molecule has 0 bridgehead atoms. The summed E-state index contributed by atoms with van der Waals surface area (Å²) in [6.45, 7) is 10.2. The number of hydrogen-bond donors (Lipinski definition) is 2. The third kappa shape index (κ3) is 4.19. The van der Waals surface area contributed by atoms with E-state index in [0.29, 0.717) is 31.5 Å². The summed E-state index contributed by atoms with van der Waals surface area (Å²) in [5.74, 6) is -0.707. The molecule has 0 aromatic rings. The van der Waals surface area contributed by atoms with Crippen molar-refractivity contribution in [2.24, 2.45) is 0 Å². The van der Waals surface area contributed by atoms with Gasteiger partial charge in [0.25, 0.3) is 0 Å². The topological polar surface area (TPSA) is 52.6 Å². The smallest absolute Gasteiger partial charge is 0.323 e. The van der Waals surface area contributed by atoms with Crippen LogP contribution >= 0.6 is 0 Å². The van der Waals surface area contributed by atoms with Gasteiger partial charge in [0.15, 0.2) is 0 Å². The highest BCUT2D eigenvalue weighted by Gasteiger charge is 2.35. The van der Waals surface area contributed by atoms with Gasteiger partial charge in [-0.3, -0.25) is 9.69 Å². The van der Waals surface area contributed by atoms with Gasteiger partial charge in [0.2, 0.25) is 0 Å². The Bertz CT molecular complexity index is 299. The molecule has 0 spiro atoms. The molecule has 0 aromatic carbocycles. The molecule has 4 heteroatoms. The number of rotatable bonds is 8. The molecule has 20 heavy (non-hydrogen) atoms. The zero-order chi connectivity index (χ0) is 15.2. The zero-order valence-electron chi connectivity index (χ0n) is 13.6. The van der Waals surface area contributed by atoms with Crippen molar-refractivity contribution in [3.8, 4) is 0 Å². The minimum absolute atomic E-state index is 0.638. The minimum atomic E-state index is -0.739. The summed E-state index contributed by atoms with van der Waals surface area (Å²) in [5.41, 5.74) is -0.739. The first kappa shape index (κ1) is 17.4. The molecule has 0 amide bonds. The maximum Gasteiger partial charge on any atom is 0.323 e. The first-order valence-electron chi connectivity index (χ1n) is 8.21. The Morgan fingerprint density at radius 1 is 1.30 bits per heavy atom. The second-order valence-electron chi connectivity index (χ2n) is 6.24. The molecule has 1 aliphatic heterocycles. The molecule has 1 unspecified atom stereocenters. The summed E-state index contributed by atoms with van der Waals surface area (Å²) in [7, 11) is 0. The van der Waals surface area contributed by atoms with Crippen molar-refractivity contribution < 1.29 is 9.90 Å². The van der Waals surface area contributed by atoms with Crippen LogP contribution in [0, 0.1) is 0 Å². The number of hydrogen-bond acceptors (Lipinski definition) is 3. The summed E-state index contributed by atoms with van der Waals surface area (Å²) >= 11 is 0. The Kier molecular flexibility index (Phi) is 6.96. The van der Waals surface area contributed by atoms with E-state index in [9.17, 15) is 9.90 Å². The zero-order valence-corrected chi connectivity index (χ0v) is 13.6. The van der Waals surface area contributed by atoms with E-state index in [1.54, 1.807) is 0 Å². The average molecular weight is 284 g/mol. The van der Waals surface area contributed by atoms with Crippen molar-refractivity contribution in [3.05, 3.63) is 0 Å². The van der Waals surface area contributed by atoms with Gasteiger partial charge in [0.1, 0.15) is 5.54 Å². The molecule has 1 aliphatic rings. The van der Waals surface area contributed by atoms with E-state index < -0.39 is 11.5 Å². The van der Waals surface area contributed by atoms with E-state index in [1.807, 2.05) is 13.8 Å². The van der Waals surface area contributed by atoms with Gasteiger partial charge in [-0.15, -0.1) is 0 Å². The third-order valence-corrected chi connectivity index (χ3v) is 4.92. The molecule has 0 aromatic heterocycles. The highest BCUT2D eigenvalue weighted by Crippen LogP contribution is 2.24. The number of nitrogens with one attached hydrogen (secondary N) is 1. The van der Waals surface area contributed by atoms with Crippen molar-refractivity contribution in [1.82, 2.24) is 10.2 Å². The predicted molar refractivity (Wildman–Crippen MR) is 83.0 cm³/mol. The van der Waals surface area contributed by atoms with Crippen molar-refractivity contribution in [2.75, 3.05) is 13.1 Å². The van der Waals surface area contributed by atoms with Gasteiger partial charge in [0.05, 0.1) is 0 Å². The number of piperidine rings is 1. The van der Waals surface area contributed by atoms with Crippen molar-refractivity contribution in [2.45, 2.75) is 83.8 Å². The summed E-state index contributed by atoms with van der Waals surface area (Å²) in [6.07, 6.45) is 6.17. The van der Waals surface area contributed by atoms with Crippen molar-refractivity contribution in [1.29, 1.82) is 0 Å². The third-order valence-electron chi connectivity index (χ3n) is 4.92. The van der Waals surface area contributed by atoms with Gasteiger partial charge in [0, 0.05) is 12.1 Å². The second kappa shape index (κ2) is 7.99. The SMILES string of the molecule is CCNC(CC)(CCCN1[C@H](C)CCC[C@@H]1C)C(=O)O. The first-order chi connectivity index (χ1) is 9.46. The molecule has 4 nitrogen and oxygen atoms in total. The number of likely N-dealkylation sites (N-methyl/N-ethyl adjacent to an activating group) is 1. The van der Waals surface area contributed by atoms with Crippen LogP contribution in [0.2, 0.25) is 0 Å². The fourth-order valence-electron chi connectivity index (χ4n) is 3.54. The van der Waals surface area contributed by atoms with Crippen LogP contribution in [0.1, 0.15) is 66.2 Å². The van der Waals surface area contributed by atoms with E-state index in [-0.39, 0.29) is 0 Å². The van der Waals surface area contributed by atoms with Crippen LogP contribution in [-0.2, 0) is 4.79 Å². The largest absolute Gasteiger partial charge is 0.480 e. The van der Waals surface area contributed by atoms with Gasteiger partial charge in [-0.05, 0) is 59.0 Å². The monoisotopic (exact) mass is 284 g/mol. The van der Waals surface area contributed by atoms with Crippen LogP contribution in [0.15, 0.2) is 0 Å². The molecule has 1 rings (SSSR count).